The fourth-order valence-electron chi connectivity index (χ4n) is 0.969. The van der Waals surface area contributed by atoms with Gasteiger partial charge < -0.3 is 9.84 Å². The van der Waals surface area contributed by atoms with Gasteiger partial charge in [-0.25, -0.2) is 9.59 Å². The van der Waals surface area contributed by atoms with Gasteiger partial charge in [-0.2, -0.15) is 0 Å². The number of carboxylic acids is 1. The summed E-state index contributed by atoms with van der Waals surface area (Å²) in [5.41, 5.74) is 0.954. The molecule has 0 heterocycles. The standard InChI is InChI=1S/C11H10O4/c1-15-10(12)7-4-8-2-5-9(6-3-8)11(13)14/h2-7H,1H3,(H,13,14)/b7-4-. The SMILES string of the molecule is COC(=O)/C=C\c1ccc(C(=O)O)cc1. The van der Waals surface area contributed by atoms with Crippen molar-refractivity contribution >= 4 is 18.0 Å². The molecule has 0 saturated heterocycles. The van der Waals surface area contributed by atoms with Crippen LogP contribution < -0.4 is 0 Å². The van der Waals surface area contributed by atoms with Crippen molar-refractivity contribution in [2.24, 2.45) is 0 Å². The van der Waals surface area contributed by atoms with Crippen LogP contribution in [0.3, 0.4) is 0 Å². The largest absolute Gasteiger partial charge is 0.478 e. The maximum Gasteiger partial charge on any atom is 0.335 e. The van der Waals surface area contributed by atoms with Crippen LogP contribution in [0.2, 0.25) is 0 Å². The number of carbonyl (C=O) groups excluding carboxylic acids is 1. The van der Waals surface area contributed by atoms with Gasteiger partial charge in [0.2, 0.25) is 0 Å². The molecular weight excluding hydrogens is 196 g/mol. The molecule has 4 nitrogen and oxygen atoms in total. The molecule has 0 aliphatic heterocycles. The molecule has 15 heavy (non-hydrogen) atoms. The van der Waals surface area contributed by atoms with E-state index >= 15 is 0 Å². The van der Waals surface area contributed by atoms with Gasteiger partial charge in [-0.3, -0.25) is 0 Å². The van der Waals surface area contributed by atoms with E-state index in [9.17, 15) is 9.59 Å². The van der Waals surface area contributed by atoms with Gasteiger partial charge in [0.15, 0.2) is 0 Å². The lowest BCUT2D eigenvalue weighted by Crippen LogP contribution is -1.95. The van der Waals surface area contributed by atoms with Crippen LogP contribution in [0.15, 0.2) is 30.3 Å². The highest BCUT2D eigenvalue weighted by molar-refractivity contribution is 5.89. The van der Waals surface area contributed by atoms with Crippen molar-refractivity contribution in [1.82, 2.24) is 0 Å². The Morgan fingerprint density at radius 3 is 2.33 bits per heavy atom. The lowest BCUT2D eigenvalue weighted by atomic mass is 10.1. The molecule has 78 valence electrons. The summed E-state index contributed by atoms with van der Waals surface area (Å²) < 4.78 is 4.41. The zero-order chi connectivity index (χ0) is 11.3. The third-order valence-corrected chi connectivity index (χ3v) is 1.77. The molecule has 0 radical (unpaired) electrons. The van der Waals surface area contributed by atoms with E-state index in [0.717, 1.165) is 5.56 Å². The first-order valence-electron chi connectivity index (χ1n) is 4.23. The molecular formula is C11H10O4. The minimum atomic E-state index is -0.974. The number of rotatable bonds is 3. The Morgan fingerprint density at radius 1 is 1.27 bits per heavy atom. The second-order valence-corrected chi connectivity index (χ2v) is 2.78. The van der Waals surface area contributed by atoms with Crippen molar-refractivity contribution in [3.63, 3.8) is 0 Å². The molecule has 1 aromatic carbocycles. The minimum Gasteiger partial charge on any atom is -0.478 e. The Balaban J connectivity index is 2.77. The first kappa shape index (κ1) is 11.0. The van der Waals surface area contributed by atoms with E-state index < -0.39 is 11.9 Å². The lowest BCUT2D eigenvalue weighted by Gasteiger charge is -1.95. The molecule has 0 amide bonds. The fraction of sp³-hybridized carbons (Fsp3) is 0.0909. The lowest BCUT2D eigenvalue weighted by molar-refractivity contribution is -0.134. The van der Waals surface area contributed by atoms with Crippen LogP contribution in [0.25, 0.3) is 6.08 Å². The average molecular weight is 206 g/mol. The van der Waals surface area contributed by atoms with Gasteiger partial charge in [0.25, 0.3) is 0 Å². The van der Waals surface area contributed by atoms with Crippen molar-refractivity contribution in [2.45, 2.75) is 0 Å². The predicted molar refractivity (Wildman–Crippen MR) is 54.5 cm³/mol. The summed E-state index contributed by atoms with van der Waals surface area (Å²) in [5.74, 6) is -1.42. The smallest absolute Gasteiger partial charge is 0.335 e. The number of hydrogen-bond acceptors (Lipinski definition) is 3. The summed E-state index contributed by atoms with van der Waals surface area (Å²) in [4.78, 5) is 21.3. The summed E-state index contributed by atoms with van der Waals surface area (Å²) in [6.45, 7) is 0. The Bertz CT molecular complexity index is 390. The zero-order valence-corrected chi connectivity index (χ0v) is 8.14. The first-order valence-corrected chi connectivity index (χ1v) is 4.23. The first-order chi connectivity index (χ1) is 7.13. The van der Waals surface area contributed by atoms with Crippen molar-refractivity contribution < 1.29 is 19.4 Å². The highest BCUT2D eigenvalue weighted by Gasteiger charge is 2.00. The van der Waals surface area contributed by atoms with Crippen molar-refractivity contribution in [2.75, 3.05) is 7.11 Å². The number of benzene rings is 1. The van der Waals surface area contributed by atoms with Crippen molar-refractivity contribution in [3.8, 4) is 0 Å². The Hall–Kier alpha value is -2.10. The minimum absolute atomic E-state index is 0.213. The molecule has 0 bridgehead atoms. The molecule has 0 spiro atoms. The number of hydrogen-bond donors (Lipinski definition) is 1. The summed E-state index contributed by atoms with van der Waals surface area (Å²) in [5, 5.41) is 8.64. The van der Waals surface area contributed by atoms with Gasteiger partial charge in [-0.1, -0.05) is 12.1 Å². The highest BCUT2D eigenvalue weighted by atomic mass is 16.5. The van der Waals surface area contributed by atoms with Crippen LogP contribution in [-0.2, 0) is 9.53 Å². The maximum atomic E-state index is 10.8. The number of methoxy groups -OCH3 is 1. The molecule has 4 heteroatoms. The molecule has 0 aromatic heterocycles. The topological polar surface area (TPSA) is 63.6 Å². The summed E-state index contributed by atoms with van der Waals surface area (Å²) in [7, 11) is 1.29. The number of ether oxygens (including phenoxy) is 1. The van der Waals surface area contributed by atoms with Crippen LogP contribution in [0.1, 0.15) is 15.9 Å². The van der Waals surface area contributed by atoms with Crippen LogP contribution in [0, 0.1) is 0 Å². The Kier molecular flexibility index (Phi) is 3.62. The van der Waals surface area contributed by atoms with Gasteiger partial charge in [-0.05, 0) is 23.8 Å². The van der Waals surface area contributed by atoms with Crippen LogP contribution in [0.5, 0.6) is 0 Å². The monoisotopic (exact) mass is 206 g/mol. The molecule has 1 aromatic rings. The van der Waals surface area contributed by atoms with E-state index in [4.69, 9.17) is 5.11 Å². The normalized spacial score (nSPS) is 10.2. The van der Waals surface area contributed by atoms with Crippen LogP contribution in [0.4, 0.5) is 0 Å². The van der Waals surface area contributed by atoms with E-state index in [1.54, 1.807) is 18.2 Å². The number of carbonyl (C=O) groups is 2. The Labute approximate surface area is 86.8 Å². The van der Waals surface area contributed by atoms with Gasteiger partial charge in [0, 0.05) is 6.08 Å². The van der Waals surface area contributed by atoms with Crippen molar-refractivity contribution in [3.05, 3.63) is 41.5 Å². The second kappa shape index (κ2) is 4.95. The van der Waals surface area contributed by atoms with E-state index in [1.807, 2.05) is 0 Å². The molecule has 0 aliphatic rings. The van der Waals surface area contributed by atoms with Crippen molar-refractivity contribution in [1.29, 1.82) is 0 Å². The second-order valence-electron chi connectivity index (χ2n) is 2.78. The Morgan fingerprint density at radius 2 is 1.87 bits per heavy atom. The fourth-order valence-corrected chi connectivity index (χ4v) is 0.969. The predicted octanol–water partition coefficient (Wildman–Crippen LogP) is 1.57. The van der Waals surface area contributed by atoms with Gasteiger partial charge in [-0.15, -0.1) is 0 Å². The molecule has 0 saturated carbocycles. The molecule has 0 unspecified atom stereocenters. The van der Waals surface area contributed by atoms with Gasteiger partial charge in [0.1, 0.15) is 0 Å². The van der Waals surface area contributed by atoms with E-state index in [1.165, 1.54) is 25.3 Å². The molecule has 0 atom stereocenters. The van der Waals surface area contributed by atoms with E-state index in [-0.39, 0.29) is 5.56 Å². The van der Waals surface area contributed by atoms with Crippen LogP contribution in [-0.4, -0.2) is 24.2 Å². The number of esters is 1. The quantitative estimate of drug-likeness (QED) is 0.602. The third kappa shape index (κ3) is 3.27. The molecule has 1 rings (SSSR count). The van der Waals surface area contributed by atoms with Gasteiger partial charge >= 0.3 is 11.9 Å². The maximum absolute atomic E-state index is 10.8. The van der Waals surface area contributed by atoms with E-state index in [0.29, 0.717) is 0 Å². The van der Waals surface area contributed by atoms with Gasteiger partial charge in [0.05, 0.1) is 12.7 Å². The summed E-state index contributed by atoms with van der Waals surface area (Å²) >= 11 is 0. The molecule has 0 aliphatic carbocycles. The van der Waals surface area contributed by atoms with Crippen LogP contribution >= 0.6 is 0 Å². The molecule has 1 N–H and O–H groups in total. The average Bonchev–Trinajstić information content (AvgIpc) is 2.26. The summed E-state index contributed by atoms with van der Waals surface area (Å²) in [6.07, 6.45) is 2.83. The molecule has 0 fully saturated rings. The number of carboxylic acid groups (broad SMARTS) is 1. The van der Waals surface area contributed by atoms with E-state index in [2.05, 4.69) is 4.74 Å². The zero-order valence-electron chi connectivity index (χ0n) is 8.14. The summed E-state index contributed by atoms with van der Waals surface area (Å²) in [6, 6.07) is 6.17. The third-order valence-electron chi connectivity index (χ3n) is 1.77. The number of aromatic carboxylic acids is 1. The highest BCUT2D eigenvalue weighted by Crippen LogP contribution is 2.06.